The molecule has 0 bridgehead atoms. The summed E-state index contributed by atoms with van der Waals surface area (Å²) >= 11 is 0. The summed E-state index contributed by atoms with van der Waals surface area (Å²) in [7, 11) is 3.86. The van der Waals surface area contributed by atoms with Crippen molar-refractivity contribution in [2.45, 2.75) is 13.8 Å². The van der Waals surface area contributed by atoms with E-state index in [2.05, 4.69) is 5.10 Å². The van der Waals surface area contributed by atoms with E-state index in [1.165, 1.54) is 0 Å². The summed E-state index contributed by atoms with van der Waals surface area (Å²) in [6, 6.07) is 6.81. The van der Waals surface area contributed by atoms with Crippen molar-refractivity contribution in [1.82, 2.24) is 9.78 Å². The van der Waals surface area contributed by atoms with E-state index < -0.39 is 5.97 Å². The number of rotatable bonds is 3. The van der Waals surface area contributed by atoms with Gasteiger partial charge in [-0.05, 0) is 38.1 Å². The molecule has 0 saturated heterocycles. The molecule has 0 saturated carbocycles. The fourth-order valence-corrected chi connectivity index (χ4v) is 2.20. The highest BCUT2D eigenvalue weighted by atomic mass is 16.4. The fraction of sp³-hybridized carbons (Fsp3) is 0.286. The molecule has 0 spiro atoms. The van der Waals surface area contributed by atoms with E-state index in [1.54, 1.807) is 24.3 Å². The number of hydrogen-bond donors (Lipinski definition) is 1. The van der Waals surface area contributed by atoms with Crippen molar-refractivity contribution in [3.8, 4) is 0 Å². The van der Waals surface area contributed by atoms with Crippen LogP contribution >= 0.6 is 0 Å². The maximum Gasteiger partial charge on any atom is 0.335 e. The van der Waals surface area contributed by atoms with Crippen molar-refractivity contribution < 1.29 is 9.90 Å². The Balaban J connectivity index is 2.38. The molecule has 2 aromatic rings. The van der Waals surface area contributed by atoms with Gasteiger partial charge < -0.3 is 10.0 Å². The number of hydrogen-bond acceptors (Lipinski definition) is 3. The molecular formula is C14H17N3O2. The molecule has 1 heterocycles. The second-order valence-electron chi connectivity index (χ2n) is 4.55. The van der Waals surface area contributed by atoms with Crippen molar-refractivity contribution in [1.29, 1.82) is 0 Å². The number of aromatic nitrogens is 2. The lowest BCUT2D eigenvalue weighted by Crippen LogP contribution is -2.11. The average molecular weight is 259 g/mol. The van der Waals surface area contributed by atoms with Crippen LogP contribution in [0.25, 0.3) is 0 Å². The molecule has 1 aromatic heterocycles. The summed E-state index contributed by atoms with van der Waals surface area (Å²) in [5, 5.41) is 13.3. The monoisotopic (exact) mass is 259 g/mol. The van der Waals surface area contributed by atoms with E-state index in [1.807, 2.05) is 37.5 Å². The van der Waals surface area contributed by atoms with E-state index >= 15 is 0 Å². The summed E-state index contributed by atoms with van der Waals surface area (Å²) in [5.74, 6) is -0.914. The molecule has 0 amide bonds. The minimum Gasteiger partial charge on any atom is -0.478 e. The molecule has 100 valence electrons. The van der Waals surface area contributed by atoms with Gasteiger partial charge in [0, 0.05) is 19.8 Å². The minimum absolute atomic E-state index is 0.289. The Morgan fingerprint density at radius 1 is 1.26 bits per heavy atom. The highest BCUT2D eigenvalue weighted by Gasteiger charge is 2.15. The molecule has 0 aliphatic rings. The number of carbonyl (C=O) groups is 1. The summed E-state index contributed by atoms with van der Waals surface area (Å²) in [6.07, 6.45) is 0. The molecule has 0 atom stereocenters. The molecule has 19 heavy (non-hydrogen) atoms. The standard InChI is InChI=1S/C14H17N3O2/c1-9-13(10(2)17(4)15-9)16(3)12-7-5-11(6-8-12)14(18)19/h5-8H,1-4H3,(H,18,19). The van der Waals surface area contributed by atoms with Crippen LogP contribution in [0.5, 0.6) is 0 Å². The third-order valence-corrected chi connectivity index (χ3v) is 3.31. The van der Waals surface area contributed by atoms with Gasteiger partial charge >= 0.3 is 5.97 Å². The van der Waals surface area contributed by atoms with Crippen molar-refractivity contribution in [3.63, 3.8) is 0 Å². The molecule has 0 aliphatic carbocycles. The van der Waals surface area contributed by atoms with Gasteiger partial charge in [0.05, 0.1) is 22.6 Å². The quantitative estimate of drug-likeness (QED) is 0.920. The predicted molar refractivity (Wildman–Crippen MR) is 74.1 cm³/mol. The van der Waals surface area contributed by atoms with Crippen molar-refractivity contribution >= 4 is 17.3 Å². The Morgan fingerprint density at radius 3 is 2.26 bits per heavy atom. The zero-order chi connectivity index (χ0) is 14.2. The third-order valence-electron chi connectivity index (χ3n) is 3.31. The highest BCUT2D eigenvalue weighted by molar-refractivity contribution is 5.88. The Labute approximate surface area is 112 Å². The first-order chi connectivity index (χ1) is 8.91. The first kappa shape index (κ1) is 13.1. The second-order valence-corrected chi connectivity index (χ2v) is 4.55. The van der Waals surface area contributed by atoms with Crippen molar-refractivity contribution in [3.05, 3.63) is 41.2 Å². The van der Waals surface area contributed by atoms with Gasteiger partial charge in [-0.1, -0.05) is 0 Å². The fourth-order valence-electron chi connectivity index (χ4n) is 2.20. The summed E-state index contributed by atoms with van der Waals surface area (Å²) in [6.45, 7) is 3.97. The van der Waals surface area contributed by atoms with Crippen LogP contribution in [0.4, 0.5) is 11.4 Å². The topological polar surface area (TPSA) is 58.4 Å². The normalized spacial score (nSPS) is 10.5. The van der Waals surface area contributed by atoms with E-state index in [-0.39, 0.29) is 5.56 Å². The number of benzene rings is 1. The van der Waals surface area contributed by atoms with Crippen LogP contribution in [0.1, 0.15) is 21.7 Å². The zero-order valence-electron chi connectivity index (χ0n) is 11.5. The van der Waals surface area contributed by atoms with Gasteiger partial charge in [0.15, 0.2) is 0 Å². The van der Waals surface area contributed by atoms with E-state index in [9.17, 15) is 4.79 Å². The van der Waals surface area contributed by atoms with Crippen molar-refractivity contribution in [2.24, 2.45) is 7.05 Å². The van der Waals surface area contributed by atoms with Crippen LogP contribution < -0.4 is 4.90 Å². The van der Waals surface area contributed by atoms with Crippen LogP contribution in [0.3, 0.4) is 0 Å². The Kier molecular flexibility index (Phi) is 3.29. The number of anilines is 2. The minimum atomic E-state index is -0.914. The van der Waals surface area contributed by atoms with Gasteiger partial charge in [-0.25, -0.2) is 4.79 Å². The molecule has 0 fully saturated rings. The number of carboxylic acids is 1. The summed E-state index contributed by atoms with van der Waals surface area (Å²) < 4.78 is 1.84. The molecule has 1 aromatic carbocycles. The second kappa shape index (κ2) is 4.76. The molecule has 5 nitrogen and oxygen atoms in total. The number of carboxylic acid groups (broad SMARTS) is 1. The summed E-state index contributed by atoms with van der Waals surface area (Å²) in [4.78, 5) is 12.9. The zero-order valence-corrected chi connectivity index (χ0v) is 11.5. The molecular weight excluding hydrogens is 242 g/mol. The molecule has 1 N–H and O–H groups in total. The SMILES string of the molecule is Cc1nn(C)c(C)c1N(C)c1ccc(C(=O)O)cc1. The van der Waals surface area contributed by atoms with E-state index in [0.717, 1.165) is 22.8 Å². The maximum atomic E-state index is 10.8. The van der Waals surface area contributed by atoms with Crippen LogP contribution in [0, 0.1) is 13.8 Å². The van der Waals surface area contributed by atoms with Crippen LogP contribution in [0.2, 0.25) is 0 Å². The van der Waals surface area contributed by atoms with E-state index in [0.29, 0.717) is 0 Å². The predicted octanol–water partition coefficient (Wildman–Crippen LogP) is 2.50. The smallest absolute Gasteiger partial charge is 0.335 e. The molecule has 0 radical (unpaired) electrons. The van der Waals surface area contributed by atoms with Gasteiger partial charge in [0.25, 0.3) is 0 Å². The van der Waals surface area contributed by atoms with Gasteiger partial charge in [-0.3, -0.25) is 4.68 Å². The molecule has 5 heteroatoms. The molecule has 0 unspecified atom stereocenters. The van der Waals surface area contributed by atoms with Gasteiger partial charge in [-0.15, -0.1) is 0 Å². The largest absolute Gasteiger partial charge is 0.478 e. The lowest BCUT2D eigenvalue weighted by Gasteiger charge is -2.20. The summed E-state index contributed by atoms with van der Waals surface area (Å²) in [5.41, 5.74) is 4.29. The Morgan fingerprint density at radius 2 is 1.84 bits per heavy atom. The number of aromatic carboxylic acids is 1. The Hall–Kier alpha value is -2.30. The molecule has 2 rings (SSSR count). The van der Waals surface area contributed by atoms with Crippen molar-refractivity contribution in [2.75, 3.05) is 11.9 Å². The van der Waals surface area contributed by atoms with Crippen LogP contribution in [-0.4, -0.2) is 27.9 Å². The van der Waals surface area contributed by atoms with Gasteiger partial charge in [0.2, 0.25) is 0 Å². The number of nitrogens with zero attached hydrogens (tertiary/aromatic N) is 3. The first-order valence-corrected chi connectivity index (χ1v) is 5.99. The third kappa shape index (κ3) is 2.31. The maximum absolute atomic E-state index is 10.8. The Bertz CT molecular complexity index is 614. The molecule has 0 aliphatic heterocycles. The van der Waals surface area contributed by atoms with Crippen LogP contribution in [0.15, 0.2) is 24.3 Å². The van der Waals surface area contributed by atoms with Crippen LogP contribution in [-0.2, 0) is 7.05 Å². The van der Waals surface area contributed by atoms with Gasteiger partial charge in [0.1, 0.15) is 0 Å². The van der Waals surface area contributed by atoms with E-state index in [4.69, 9.17) is 5.11 Å². The highest BCUT2D eigenvalue weighted by Crippen LogP contribution is 2.29. The first-order valence-electron chi connectivity index (χ1n) is 5.99. The van der Waals surface area contributed by atoms with Gasteiger partial charge in [-0.2, -0.15) is 5.10 Å². The lowest BCUT2D eigenvalue weighted by molar-refractivity contribution is 0.0697. The number of aryl methyl sites for hydroxylation is 2. The average Bonchev–Trinajstić information content (AvgIpc) is 2.62. The lowest BCUT2D eigenvalue weighted by atomic mass is 10.2.